The monoisotopic (exact) mass is 276 g/mol. The quantitative estimate of drug-likeness (QED) is 0.448. The molecule has 112 valence electrons. The van der Waals surface area contributed by atoms with Gasteiger partial charge in [-0.3, -0.25) is 4.79 Å². The highest BCUT2D eigenvalue weighted by molar-refractivity contribution is 5.69. The van der Waals surface area contributed by atoms with E-state index in [2.05, 4.69) is 19.1 Å². The number of benzene rings is 1. The summed E-state index contributed by atoms with van der Waals surface area (Å²) in [7, 11) is 0. The molecule has 1 aromatic rings. The molecule has 0 saturated heterocycles. The van der Waals surface area contributed by atoms with Crippen molar-refractivity contribution in [3.63, 3.8) is 0 Å². The van der Waals surface area contributed by atoms with E-state index < -0.39 is 0 Å². The lowest BCUT2D eigenvalue weighted by Crippen LogP contribution is -2.17. The maximum atomic E-state index is 11.7. The first kappa shape index (κ1) is 16.7. The zero-order valence-corrected chi connectivity index (χ0v) is 12.9. The van der Waals surface area contributed by atoms with Gasteiger partial charge in [-0.15, -0.1) is 0 Å². The van der Waals surface area contributed by atoms with Gasteiger partial charge in [-0.25, -0.2) is 0 Å². The van der Waals surface area contributed by atoms with Crippen molar-refractivity contribution in [1.82, 2.24) is 0 Å². The van der Waals surface area contributed by atoms with Crippen LogP contribution in [0.1, 0.15) is 64.4 Å². The van der Waals surface area contributed by atoms with Gasteiger partial charge in [0.05, 0.1) is 0 Å². The van der Waals surface area contributed by atoms with Gasteiger partial charge in [0.15, 0.2) is 0 Å². The van der Waals surface area contributed by atoms with E-state index in [1.165, 1.54) is 31.2 Å². The van der Waals surface area contributed by atoms with Crippen molar-refractivity contribution < 1.29 is 9.53 Å². The number of hydrogen-bond acceptors (Lipinski definition) is 2. The predicted molar refractivity (Wildman–Crippen MR) is 83.7 cm³/mol. The van der Waals surface area contributed by atoms with Crippen LogP contribution in [0.2, 0.25) is 0 Å². The van der Waals surface area contributed by atoms with Crippen molar-refractivity contribution in [3.05, 3.63) is 35.9 Å². The van der Waals surface area contributed by atoms with Crippen LogP contribution < -0.4 is 0 Å². The Balaban J connectivity index is 2.09. The summed E-state index contributed by atoms with van der Waals surface area (Å²) in [4.78, 5) is 11.7. The van der Waals surface area contributed by atoms with E-state index in [0.717, 1.165) is 19.3 Å². The standard InChI is InChI=1S/C18H28O2/c1-3-4-5-6-7-11-14-18(19)20-16(2)15-17-12-9-8-10-13-17/h8-10,12-13,16H,3-7,11,14-15H2,1-2H3/t16-/m0/s1. The molecule has 0 aliphatic heterocycles. The Morgan fingerprint density at radius 3 is 2.40 bits per heavy atom. The zero-order valence-electron chi connectivity index (χ0n) is 12.9. The van der Waals surface area contributed by atoms with Gasteiger partial charge in [-0.2, -0.15) is 0 Å². The largest absolute Gasteiger partial charge is 0.462 e. The number of carbonyl (C=O) groups excluding carboxylic acids is 1. The van der Waals surface area contributed by atoms with Gasteiger partial charge in [0.25, 0.3) is 0 Å². The van der Waals surface area contributed by atoms with Crippen molar-refractivity contribution >= 4 is 5.97 Å². The first-order valence-electron chi connectivity index (χ1n) is 7.95. The Bertz CT molecular complexity index is 359. The molecule has 2 heteroatoms. The number of esters is 1. The Hall–Kier alpha value is -1.31. The number of hydrogen-bond donors (Lipinski definition) is 0. The molecular formula is C18H28O2. The fourth-order valence-corrected chi connectivity index (χ4v) is 2.32. The Labute approximate surface area is 123 Å². The van der Waals surface area contributed by atoms with Crippen molar-refractivity contribution in [2.75, 3.05) is 0 Å². The minimum Gasteiger partial charge on any atom is -0.462 e. The highest BCUT2D eigenvalue weighted by Gasteiger charge is 2.09. The molecule has 0 aromatic heterocycles. The summed E-state index contributed by atoms with van der Waals surface area (Å²) in [5.41, 5.74) is 1.22. The van der Waals surface area contributed by atoms with Gasteiger partial charge in [0.2, 0.25) is 0 Å². The maximum absolute atomic E-state index is 11.7. The van der Waals surface area contributed by atoms with E-state index in [1.807, 2.05) is 25.1 Å². The summed E-state index contributed by atoms with van der Waals surface area (Å²) in [5.74, 6) is -0.0519. The third kappa shape index (κ3) is 7.98. The van der Waals surface area contributed by atoms with Crippen LogP contribution in [0.4, 0.5) is 0 Å². The van der Waals surface area contributed by atoms with E-state index in [0.29, 0.717) is 6.42 Å². The molecule has 0 heterocycles. The first-order chi connectivity index (χ1) is 9.72. The van der Waals surface area contributed by atoms with Crippen LogP contribution in [0.15, 0.2) is 30.3 Å². The third-order valence-corrected chi connectivity index (χ3v) is 3.43. The van der Waals surface area contributed by atoms with Crippen LogP contribution in [-0.4, -0.2) is 12.1 Å². The summed E-state index contributed by atoms with van der Waals surface area (Å²) >= 11 is 0. The van der Waals surface area contributed by atoms with Gasteiger partial charge < -0.3 is 4.74 Å². The summed E-state index contributed by atoms with van der Waals surface area (Å²) in [6, 6.07) is 10.2. The Morgan fingerprint density at radius 1 is 1.05 bits per heavy atom. The summed E-state index contributed by atoms with van der Waals surface area (Å²) < 4.78 is 5.44. The highest BCUT2D eigenvalue weighted by Crippen LogP contribution is 2.10. The van der Waals surface area contributed by atoms with Crippen LogP contribution in [0.3, 0.4) is 0 Å². The van der Waals surface area contributed by atoms with E-state index >= 15 is 0 Å². The Kier molecular flexibility index (Phi) is 8.77. The van der Waals surface area contributed by atoms with Crippen molar-refractivity contribution in [2.45, 2.75) is 71.3 Å². The molecule has 0 aliphatic rings. The normalized spacial score (nSPS) is 12.1. The molecule has 2 nitrogen and oxygen atoms in total. The van der Waals surface area contributed by atoms with Crippen LogP contribution in [0.5, 0.6) is 0 Å². The molecule has 1 atom stereocenters. The minimum absolute atomic E-state index is 0.0370. The van der Waals surface area contributed by atoms with Crippen LogP contribution in [0.25, 0.3) is 0 Å². The van der Waals surface area contributed by atoms with Gasteiger partial charge in [-0.1, -0.05) is 69.4 Å². The lowest BCUT2D eigenvalue weighted by molar-refractivity contribution is -0.148. The van der Waals surface area contributed by atoms with Gasteiger partial charge in [0, 0.05) is 12.8 Å². The van der Waals surface area contributed by atoms with Gasteiger partial charge in [0.1, 0.15) is 6.10 Å². The lowest BCUT2D eigenvalue weighted by Gasteiger charge is -2.13. The minimum atomic E-state index is -0.0519. The second kappa shape index (κ2) is 10.5. The molecule has 1 rings (SSSR count). The molecule has 0 saturated carbocycles. The average molecular weight is 276 g/mol. The number of unbranched alkanes of at least 4 members (excludes halogenated alkanes) is 5. The fraction of sp³-hybridized carbons (Fsp3) is 0.611. The highest BCUT2D eigenvalue weighted by atomic mass is 16.5. The maximum Gasteiger partial charge on any atom is 0.306 e. The van der Waals surface area contributed by atoms with Crippen molar-refractivity contribution in [3.8, 4) is 0 Å². The summed E-state index contributed by atoms with van der Waals surface area (Å²) in [6.07, 6.45) is 8.51. The van der Waals surface area contributed by atoms with Gasteiger partial charge >= 0.3 is 5.97 Å². The molecule has 0 aliphatic carbocycles. The molecular weight excluding hydrogens is 248 g/mol. The van der Waals surface area contributed by atoms with E-state index in [4.69, 9.17) is 4.74 Å². The molecule has 0 unspecified atom stereocenters. The van der Waals surface area contributed by atoms with Crippen molar-refractivity contribution in [2.24, 2.45) is 0 Å². The number of carbonyl (C=O) groups is 1. The SMILES string of the molecule is CCCCCCCCC(=O)O[C@@H](C)Cc1ccccc1. The number of ether oxygens (including phenoxy) is 1. The van der Waals surface area contributed by atoms with Crippen LogP contribution >= 0.6 is 0 Å². The summed E-state index contributed by atoms with van der Waals surface area (Å²) in [6.45, 7) is 4.18. The summed E-state index contributed by atoms with van der Waals surface area (Å²) in [5, 5.41) is 0. The second-order valence-corrected chi connectivity index (χ2v) is 5.51. The zero-order chi connectivity index (χ0) is 14.6. The van der Waals surface area contributed by atoms with E-state index in [-0.39, 0.29) is 12.1 Å². The molecule has 0 N–H and O–H groups in total. The van der Waals surface area contributed by atoms with Gasteiger partial charge in [-0.05, 0) is 18.9 Å². The third-order valence-electron chi connectivity index (χ3n) is 3.43. The van der Waals surface area contributed by atoms with Crippen LogP contribution in [-0.2, 0) is 16.0 Å². The molecule has 0 amide bonds. The van der Waals surface area contributed by atoms with E-state index in [9.17, 15) is 4.79 Å². The fourth-order valence-electron chi connectivity index (χ4n) is 2.32. The molecule has 0 radical (unpaired) electrons. The predicted octanol–water partition coefficient (Wildman–Crippen LogP) is 4.91. The first-order valence-corrected chi connectivity index (χ1v) is 7.95. The van der Waals surface area contributed by atoms with E-state index in [1.54, 1.807) is 0 Å². The average Bonchev–Trinajstić information content (AvgIpc) is 2.43. The van der Waals surface area contributed by atoms with Crippen molar-refractivity contribution in [1.29, 1.82) is 0 Å². The molecule has 0 spiro atoms. The molecule has 1 aromatic carbocycles. The molecule has 0 fully saturated rings. The second-order valence-electron chi connectivity index (χ2n) is 5.51. The number of rotatable bonds is 10. The molecule has 0 bridgehead atoms. The topological polar surface area (TPSA) is 26.3 Å². The lowest BCUT2D eigenvalue weighted by atomic mass is 10.1. The smallest absolute Gasteiger partial charge is 0.306 e. The van der Waals surface area contributed by atoms with Crippen LogP contribution in [0, 0.1) is 0 Å². The Morgan fingerprint density at radius 2 is 1.70 bits per heavy atom. The molecule has 20 heavy (non-hydrogen) atoms.